The van der Waals surface area contributed by atoms with E-state index in [0.29, 0.717) is 33.3 Å². The molecule has 1 aromatic carbocycles. The van der Waals surface area contributed by atoms with Gasteiger partial charge in [-0.05, 0) is 57.0 Å². The number of carbonyl (C=O) groups excluding carboxylic acids is 2. The molecule has 2 unspecified atom stereocenters. The molecule has 0 radical (unpaired) electrons. The van der Waals surface area contributed by atoms with E-state index in [9.17, 15) is 9.59 Å². The molecule has 2 aliphatic rings. The second-order valence-electron chi connectivity index (χ2n) is 9.17. The number of nitrogens with zero attached hydrogens (tertiary/aromatic N) is 2. The minimum absolute atomic E-state index is 0.246. The van der Waals surface area contributed by atoms with Crippen LogP contribution in [0.5, 0.6) is 0 Å². The van der Waals surface area contributed by atoms with Crippen LogP contribution in [0.25, 0.3) is 16.6 Å². The Morgan fingerprint density at radius 1 is 1.24 bits per heavy atom. The summed E-state index contributed by atoms with van der Waals surface area (Å²) < 4.78 is 5.01. The van der Waals surface area contributed by atoms with Crippen molar-refractivity contribution >= 4 is 85.6 Å². The number of anilines is 2. The number of halogens is 3. The maximum atomic E-state index is 13.2. The zero-order valence-corrected chi connectivity index (χ0v) is 24.5. The Morgan fingerprint density at radius 2 is 2.00 bits per heavy atom. The second-order valence-corrected chi connectivity index (χ2v) is 12.3. The molecule has 2 atom stereocenters. The predicted molar refractivity (Wildman–Crippen MR) is 157 cm³/mol. The molecule has 5 rings (SSSR count). The smallest absolute Gasteiger partial charge is 0.333 e. The Balaban J connectivity index is 1.39. The molecular formula is C26H25Cl3N4O3S2. The van der Waals surface area contributed by atoms with Crippen molar-refractivity contribution in [3.8, 4) is 10.6 Å². The van der Waals surface area contributed by atoms with Crippen molar-refractivity contribution in [1.82, 2.24) is 10.3 Å². The Morgan fingerprint density at radius 3 is 2.66 bits per heavy atom. The predicted octanol–water partition coefficient (Wildman–Crippen LogP) is 6.85. The van der Waals surface area contributed by atoms with Gasteiger partial charge in [-0.3, -0.25) is 10.1 Å². The van der Waals surface area contributed by atoms with Gasteiger partial charge in [0, 0.05) is 41.2 Å². The molecule has 2 saturated heterocycles. The molecule has 12 heteroatoms. The highest BCUT2D eigenvalue weighted by Gasteiger charge is 2.38. The van der Waals surface area contributed by atoms with Gasteiger partial charge >= 0.3 is 5.97 Å². The van der Waals surface area contributed by atoms with Crippen LogP contribution in [-0.2, 0) is 9.53 Å². The number of carbonyl (C=O) groups is 2. The summed E-state index contributed by atoms with van der Waals surface area (Å²) in [5, 5.41) is 11.0. The zero-order chi connectivity index (χ0) is 27.0. The van der Waals surface area contributed by atoms with E-state index < -0.39 is 5.97 Å². The van der Waals surface area contributed by atoms with Crippen molar-refractivity contribution in [3.05, 3.63) is 55.3 Å². The van der Waals surface area contributed by atoms with E-state index in [2.05, 4.69) is 15.5 Å². The maximum absolute atomic E-state index is 13.2. The van der Waals surface area contributed by atoms with Gasteiger partial charge < -0.3 is 15.0 Å². The van der Waals surface area contributed by atoms with Crippen LogP contribution in [-0.4, -0.2) is 49.1 Å². The number of esters is 1. The number of nitrogens with one attached hydrogen (secondary N) is 2. The molecule has 3 aromatic rings. The highest BCUT2D eigenvalue weighted by molar-refractivity contribution is 7.21. The number of thiazole rings is 1. The van der Waals surface area contributed by atoms with Gasteiger partial charge in [0.1, 0.15) is 10.7 Å². The summed E-state index contributed by atoms with van der Waals surface area (Å²) in [6.07, 6.45) is 2.71. The van der Waals surface area contributed by atoms with E-state index in [1.54, 1.807) is 19.9 Å². The van der Waals surface area contributed by atoms with Crippen LogP contribution in [0.1, 0.15) is 36.2 Å². The van der Waals surface area contributed by atoms with Crippen molar-refractivity contribution < 1.29 is 14.3 Å². The number of hydrogen-bond donors (Lipinski definition) is 2. The third kappa shape index (κ3) is 5.73. The molecule has 2 aromatic heterocycles. The highest BCUT2D eigenvalue weighted by Crippen LogP contribution is 2.44. The van der Waals surface area contributed by atoms with Crippen molar-refractivity contribution in [2.24, 2.45) is 5.92 Å². The van der Waals surface area contributed by atoms with Crippen LogP contribution in [0.2, 0.25) is 15.1 Å². The molecule has 7 nitrogen and oxygen atoms in total. The Labute approximate surface area is 243 Å². The average Bonchev–Trinajstić information content (AvgIpc) is 3.65. The first-order valence-electron chi connectivity index (χ1n) is 12.1. The molecule has 2 fully saturated rings. The van der Waals surface area contributed by atoms with Crippen molar-refractivity contribution in [2.75, 3.05) is 36.5 Å². The number of benzene rings is 1. The lowest BCUT2D eigenvalue weighted by Gasteiger charge is -2.18. The standard InChI is InChI=1S/C26H25Cl3N4O3S2/c1-3-36-25(35)13(2)6-17-18(28)7-15(8-19(17)29)23(34)32-26-31-22(21-9-16(27)12-37-21)24(38-26)33-10-14-4-5-30-20(14)11-33/h6-9,12,14,20,30H,3-5,10-11H2,1-2H3,(H,31,32,34)/b13-6+. The van der Waals surface area contributed by atoms with Gasteiger partial charge in [-0.25, -0.2) is 9.78 Å². The minimum atomic E-state index is -0.457. The van der Waals surface area contributed by atoms with Gasteiger partial charge in [-0.1, -0.05) is 46.1 Å². The van der Waals surface area contributed by atoms with Gasteiger partial charge in [0.2, 0.25) is 0 Å². The summed E-state index contributed by atoms with van der Waals surface area (Å²) in [5.74, 6) is -0.233. The largest absolute Gasteiger partial charge is 0.463 e. The van der Waals surface area contributed by atoms with E-state index >= 15 is 0 Å². The number of aromatic nitrogens is 1. The number of ether oxygens (including phenoxy) is 1. The molecule has 0 bridgehead atoms. The molecule has 0 aliphatic carbocycles. The third-order valence-electron chi connectivity index (χ3n) is 6.58. The summed E-state index contributed by atoms with van der Waals surface area (Å²) in [6.45, 7) is 6.52. The summed E-state index contributed by atoms with van der Waals surface area (Å²) in [6, 6.07) is 5.42. The van der Waals surface area contributed by atoms with E-state index in [1.165, 1.54) is 34.8 Å². The van der Waals surface area contributed by atoms with Crippen LogP contribution >= 0.6 is 57.5 Å². The number of thiophene rings is 1. The van der Waals surface area contributed by atoms with Gasteiger partial charge in [0.05, 0.1) is 26.6 Å². The van der Waals surface area contributed by atoms with Crippen LogP contribution in [0.3, 0.4) is 0 Å². The van der Waals surface area contributed by atoms with Gasteiger partial charge in [0.15, 0.2) is 5.13 Å². The van der Waals surface area contributed by atoms with Crippen molar-refractivity contribution in [2.45, 2.75) is 26.3 Å². The van der Waals surface area contributed by atoms with E-state index in [0.717, 1.165) is 41.6 Å². The Bertz CT molecular complexity index is 1390. The van der Waals surface area contributed by atoms with E-state index in [-0.39, 0.29) is 28.1 Å². The molecular weight excluding hydrogens is 587 g/mol. The van der Waals surface area contributed by atoms with Crippen LogP contribution < -0.4 is 15.5 Å². The quantitative estimate of drug-likeness (QED) is 0.225. The fourth-order valence-corrected chi connectivity index (χ4v) is 7.45. The first-order valence-corrected chi connectivity index (χ1v) is 15.0. The van der Waals surface area contributed by atoms with E-state index in [4.69, 9.17) is 44.5 Å². The number of hydrogen-bond acceptors (Lipinski definition) is 8. The number of amides is 1. The molecule has 38 heavy (non-hydrogen) atoms. The average molecular weight is 612 g/mol. The summed E-state index contributed by atoms with van der Waals surface area (Å²) in [7, 11) is 0. The Kier molecular flexibility index (Phi) is 8.33. The fourth-order valence-electron chi connectivity index (χ4n) is 4.74. The number of rotatable bonds is 7. The lowest BCUT2D eigenvalue weighted by Crippen LogP contribution is -2.29. The fraction of sp³-hybridized carbons (Fsp3) is 0.346. The van der Waals surface area contributed by atoms with Crippen molar-refractivity contribution in [3.63, 3.8) is 0 Å². The maximum Gasteiger partial charge on any atom is 0.333 e. The molecule has 2 N–H and O–H groups in total. The SMILES string of the molecule is CCOC(=O)/C(C)=C/c1c(Cl)cc(C(=O)Nc2nc(-c3cc(Cl)cs3)c(N3CC4CCNC4C3)s2)cc1Cl. The van der Waals surface area contributed by atoms with Crippen LogP contribution in [0, 0.1) is 5.92 Å². The highest BCUT2D eigenvalue weighted by atomic mass is 35.5. The first-order chi connectivity index (χ1) is 18.2. The summed E-state index contributed by atoms with van der Waals surface area (Å²) >= 11 is 22.1. The summed E-state index contributed by atoms with van der Waals surface area (Å²) in [4.78, 5) is 33.2. The summed E-state index contributed by atoms with van der Waals surface area (Å²) in [5.41, 5.74) is 1.89. The topological polar surface area (TPSA) is 83.6 Å². The van der Waals surface area contributed by atoms with Gasteiger partial charge in [-0.2, -0.15) is 0 Å². The van der Waals surface area contributed by atoms with Crippen LogP contribution in [0.4, 0.5) is 10.1 Å². The molecule has 0 spiro atoms. The first kappa shape index (κ1) is 27.4. The molecule has 200 valence electrons. The van der Waals surface area contributed by atoms with E-state index in [1.807, 2.05) is 11.4 Å². The Hall–Kier alpha value is -2.14. The molecule has 4 heterocycles. The zero-order valence-electron chi connectivity index (χ0n) is 20.6. The third-order valence-corrected chi connectivity index (χ3v) is 9.52. The van der Waals surface area contributed by atoms with Crippen molar-refractivity contribution in [1.29, 1.82) is 0 Å². The second kappa shape index (κ2) is 11.5. The minimum Gasteiger partial charge on any atom is -0.463 e. The van der Waals surface area contributed by atoms with Crippen LogP contribution in [0.15, 0.2) is 29.2 Å². The lowest BCUT2D eigenvalue weighted by atomic mass is 10.1. The monoisotopic (exact) mass is 610 g/mol. The molecule has 2 aliphatic heterocycles. The van der Waals surface area contributed by atoms with Gasteiger partial charge in [-0.15, -0.1) is 11.3 Å². The normalized spacial score (nSPS) is 19.1. The number of fused-ring (bicyclic) bond motifs is 1. The molecule has 1 amide bonds. The molecule has 0 saturated carbocycles. The van der Waals surface area contributed by atoms with Gasteiger partial charge in [0.25, 0.3) is 5.91 Å². The lowest BCUT2D eigenvalue weighted by molar-refractivity contribution is -0.138.